The second-order valence-electron chi connectivity index (χ2n) is 5.70. The fraction of sp³-hybridized carbons (Fsp3) is 1.00. The number of hydrogen-bond donors (Lipinski definition) is 1. The summed E-state index contributed by atoms with van der Waals surface area (Å²) in [6, 6.07) is 0.0899. The first-order valence-corrected chi connectivity index (χ1v) is 7.14. The van der Waals surface area contributed by atoms with E-state index in [0.717, 1.165) is 45.5 Å². The van der Waals surface area contributed by atoms with Crippen LogP contribution in [0.2, 0.25) is 0 Å². The number of rotatable bonds is 7. The predicted octanol–water partition coefficient (Wildman–Crippen LogP) is 1.63. The van der Waals surface area contributed by atoms with Crippen molar-refractivity contribution in [2.45, 2.75) is 57.8 Å². The maximum absolute atomic E-state index is 6.18. The molecule has 1 aliphatic rings. The van der Waals surface area contributed by atoms with E-state index < -0.39 is 0 Å². The summed E-state index contributed by atoms with van der Waals surface area (Å²) < 4.78 is 11.1. The van der Waals surface area contributed by atoms with Gasteiger partial charge in [-0.2, -0.15) is 0 Å². The SMILES string of the molecule is CCOC1CCN(CCC(N)C(C)(C)OC)CC1. The van der Waals surface area contributed by atoms with E-state index in [1.807, 2.05) is 0 Å². The van der Waals surface area contributed by atoms with Gasteiger partial charge in [0.25, 0.3) is 0 Å². The first-order valence-electron chi connectivity index (χ1n) is 7.14. The zero-order valence-corrected chi connectivity index (χ0v) is 12.4. The fourth-order valence-electron chi connectivity index (χ4n) is 2.36. The van der Waals surface area contributed by atoms with Crippen LogP contribution >= 0.6 is 0 Å². The summed E-state index contributed by atoms with van der Waals surface area (Å²) in [5.74, 6) is 0. The van der Waals surface area contributed by atoms with Gasteiger partial charge in [-0.05, 0) is 46.6 Å². The van der Waals surface area contributed by atoms with Crippen LogP contribution in [0.4, 0.5) is 0 Å². The molecule has 1 fully saturated rings. The third kappa shape index (κ3) is 4.84. The molecular weight excluding hydrogens is 228 g/mol. The van der Waals surface area contributed by atoms with Crippen molar-refractivity contribution in [1.29, 1.82) is 0 Å². The molecule has 1 heterocycles. The van der Waals surface area contributed by atoms with Crippen molar-refractivity contribution in [1.82, 2.24) is 4.90 Å². The minimum Gasteiger partial charge on any atom is -0.378 e. The minimum absolute atomic E-state index is 0.0899. The number of methoxy groups -OCH3 is 1. The number of nitrogens with two attached hydrogens (primary N) is 1. The molecule has 2 N–H and O–H groups in total. The van der Waals surface area contributed by atoms with Gasteiger partial charge in [0.15, 0.2) is 0 Å². The molecule has 108 valence electrons. The lowest BCUT2D eigenvalue weighted by atomic mass is 9.96. The highest BCUT2D eigenvalue weighted by Crippen LogP contribution is 2.17. The highest BCUT2D eigenvalue weighted by Gasteiger charge is 2.27. The van der Waals surface area contributed by atoms with Gasteiger partial charge in [-0.3, -0.25) is 0 Å². The summed E-state index contributed by atoms with van der Waals surface area (Å²) in [6.45, 7) is 10.3. The van der Waals surface area contributed by atoms with Gasteiger partial charge in [0.1, 0.15) is 0 Å². The van der Waals surface area contributed by atoms with Crippen molar-refractivity contribution in [3.05, 3.63) is 0 Å². The van der Waals surface area contributed by atoms with E-state index in [4.69, 9.17) is 15.2 Å². The van der Waals surface area contributed by atoms with E-state index >= 15 is 0 Å². The van der Waals surface area contributed by atoms with Gasteiger partial charge in [0.05, 0.1) is 11.7 Å². The lowest BCUT2D eigenvalue weighted by Crippen LogP contribution is -2.47. The average Bonchev–Trinajstić information content (AvgIpc) is 2.38. The topological polar surface area (TPSA) is 47.7 Å². The molecule has 1 unspecified atom stereocenters. The zero-order valence-electron chi connectivity index (χ0n) is 12.4. The Morgan fingerprint density at radius 2 is 1.94 bits per heavy atom. The van der Waals surface area contributed by atoms with E-state index in [0.29, 0.717) is 6.10 Å². The summed E-state index contributed by atoms with van der Waals surface area (Å²) in [5.41, 5.74) is 5.95. The van der Waals surface area contributed by atoms with Crippen molar-refractivity contribution < 1.29 is 9.47 Å². The van der Waals surface area contributed by atoms with Crippen LogP contribution in [0.25, 0.3) is 0 Å². The van der Waals surface area contributed by atoms with Gasteiger partial charge in [0, 0.05) is 32.8 Å². The van der Waals surface area contributed by atoms with Gasteiger partial charge in [0.2, 0.25) is 0 Å². The maximum atomic E-state index is 6.18. The standard InChI is InChI=1S/C14H30N2O2/c1-5-18-12-6-9-16(10-7-12)11-8-13(15)14(2,3)17-4/h12-13H,5-11,15H2,1-4H3. The van der Waals surface area contributed by atoms with E-state index in [2.05, 4.69) is 25.7 Å². The molecule has 0 spiro atoms. The zero-order chi connectivity index (χ0) is 13.6. The average molecular weight is 258 g/mol. The molecule has 4 heteroatoms. The Morgan fingerprint density at radius 3 is 2.44 bits per heavy atom. The molecule has 0 aromatic carbocycles. The molecule has 18 heavy (non-hydrogen) atoms. The predicted molar refractivity (Wildman–Crippen MR) is 74.8 cm³/mol. The third-order valence-corrected chi connectivity index (χ3v) is 4.11. The molecule has 0 amide bonds. The van der Waals surface area contributed by atoms with Gasteiger partial charge in [-0.1, -0.05) is 0 Å². The van der Waals surface area contributed by atoms with Crippen molar-refractivity contribution in [3.63, 3.8) is 0 Å². The van der Waals surface area contributed by atoms with Crippen molar-refractivity contribution in [3.8, 4) is 0 Å². The summed E-state index contributed by atoms with van der Waals surface area (Å²) in [5, 5.41) is 0. The highest BCUT2D eigenvalue weighted by atomic mass is 16.5. The lowest BCUT2D eigenvalue weighted by molar-refractivity contribution is -0.00953. The quantitative estimate of drug-likeness (QED) is 0.754. The van der Waals surface area contributed by atoms with Gasteiger partial charge in [-0.15, -0.1) is 0 Å². The Morgan fingerprint density at radius 1 is 1.33 bits per heavy atom. The maximum Gasteiger partial charge on any atom is 0.0773 e. The molecule has 0 aromatic rings. The Hall–Kier alpha value is -0.160. The molecule has 1 aliphatic heterocycles. The monoisotopic (exact) mass is 258 g/mol. The summed E-state index contributed by atoms with van der Waals surface area (Å²) in [7, 11) is 1.73. The smallest absolute Gasteiger partial charge is 0.0773 e. The number of hydrogen-bond acceptors (Lipinski definition) is 4. The van der Waals surface area contributed by atoms with Crippen molar-refractivity contribution in [2.24, 2.45) is 5.73 Å². The minimum atomic E-state index is -0.232. The van der Waals surface area contributed by atoms with E-state index in [9.17, 15) is 0 Å². The van der Waals surface area contributed by atoms with E-state index in [-0.39, 0.29) is 11.6 Å². The Bertz CT molecular complexity index is 226. The van der Waals surface area contributed by atoms with Crippen LogP contribution in [0.15, 0.2) is 0 Å². The molecule has 1 saturated heterocycles. The normalized spacial score (nSPS) is 21.2. The van der Waals surface area contributed by atoms with Gasteiger partial charge < -0.3 is 20.1 Å². The van der Waals surface area contributed by atoms with Crippen LogP contribution in [0, 0.1) is 0 Å². The van der Waals surface area contributed by atoms with E-state index in [1.54, 1.807) is 7.11 Å². The number of ether oxygens (including phenoxy) is 2. The van der Waals surface area contributed by atoms with Crippen LogP contribution in [0.3, 0.4) is 0 Å². The molecule has 0 aromatic heterocycles. The van der Waals surface area contributed by atoms with E-state index in [1.165, 1.54) is 0 Å². The largest absolute Gasteiger partial charge is 0.378 e. The molecule has 0 aliphatic carbocycles. The number of likely N-dealkylation sites (tertiary alicyclic amines) is 1. The Labute approximate surface area is 112 Å². The van der Waals surface area contributed by atoms with Crippen molar-refractivity contribution >= 4 is 0 Å². The molecule has 0 saturated carbocycles. The Balaban J connectivity index is 2.21. The molecule has 4 nitrogen and oxygen atoms in total. The van der Waals surface area contributed by atoms with Crippen LogP contribution in [0.1, 0.15) is 40.0 Å². The first kappa shape index (κ1) is 15.9. The van der Waals surface area contributed by atoms with Gasteiger partial charge in [-0.25, -0.2) is 0 Å². The first-order chi connectivity index (χ1) is 8.49. The summed E-state index contributed by atoms with van der Waals surface area (Å²) in [4.78, 5) is 2.49. The van der Waals surface area contributed by atoms with Gasteiger partial charge >= 0.3 is 0 Å². The van der Waals surface area contributed by atoms with Crippen LogP contribution < -0.4 is 5.73 Å². The Kier molecular flexibility index (Phi) is 6.57. The highest BCUT2D eigenvalue weighted by molar-refractivity contribution is 4.84. The number of piperidine rings is 1. The fourth-order valence-corrected chi connectivity index (χ4v) is 2.36. The lowest BCUT2D eigenvalue weighted by Gasteiger charge is -2.35. The second-order valence-corrected chi connectivity index (χ2v) is 5.70. The molecular formula is C14H30N2O2. The summed E-state index contributed by atoms with van der Waals surface area (Å²) in [6.07, 6.45) is 3.75. The van der Waals surface area contributed by atoms with Crippen molar-refractivity contribution in [2.75, 3.05) is 33.4 Å². The number of nitrogens with zero attached hydrogens (tertiary/aromatic N) is 1. The molecule has 0 bridgehead atoms. The molecule has 1 rings (SSSR count). The molecule has 0 radical (unpaired) electrons. The third-order valence-electron chi connectivity index (χ3n) is 4.11. The van der Waals surface area contributed by atoms with Crippen LogP contribution in [-0.4, -0.2) is 56.0 Å². The van der Waals surface area contributed by atoms with Crippen LogP contribution in [-0.2, 0) is 9.47 Å². The van der Waals surface area contributed by atoms with Crippen LogP contribution in [0.5, 0.6) is 0 Å². The second kappa shape index (κ2) is 7.43. The summed E-state index contributed by atoms with van der Waals surface area (Å²) >= 11 is 0. The molecule has 1 atom stereocenters.